The summed E-state index contributed by atoms with van der Waals surface area (Å²) in [6.45, 7) is 2.20. The van der Waals surface area contributed by atoms with Gasteiger partial charge in [0.1, 0.15) is 5.25 Å². The van der Waals surface area contributed by atoms with Crippen molar-refractivity contribution in [2.75, 3.05) is 6.61 Å². The smallest absolute Gasteiger partial charge is 0.305 e. The van der Waals surface area contributed by atoms with Crippen LogP contribution in [-0.2, 0) is 9.59 Å². The highest BCUT2D eigenvalue weighted by molar-refractivity contribution is 9.10. The lowest BCUT2D eigenvalue weighted by molar-refractivity contribution is -0.138. The van der Waals surface area contributed by atoms with E-state index < -0.39 is 17.1 Å². The first kappa shape index (κ1) is 18.3. The molecule has 1 saturated heterocycles. The molecule has 0 saturated carbocycles. The molecule has 0 aliphatic carbocycles. The molecule has 10 heteroatoms. The predicted octanol–water partition coefficient (Wildman–Crippen LogP) is 1.95. The highest BCUT2D eigenvalue weighted by atomic mass is 79.9. The summed E-state index contributed by atoms with van der Waals surface area (Å²) in [6, 6.07) is 3.08. The van der Waals surface area contributed by atoms with Gasteiger partial charge in [-0.15, -0.1) is 5.10 Å². The number of carbonyl (C=O) groups excluding carboxylic acids is 1. The van der Waals surface area contributed by atoms with Gasteiger partial charge in [0.2, 0.25) is 5.91 Å². The quantitative estimate of drug-likeness (QED) is 0.482. The highest BCUT2D eigenvalue weighted by Crippen LogP contribution is 2.32. The fourth-order valence-electron chi connectivity index (χ4n) is 1.82. The molecule has 8 nitrogen and oxygen atoms in total. The lowest BCUT2D eigenvalue weighted by Gasteiger charge is -2.07. The lowest BCUT2D eigenvalue weighted by atomic mass is 10.2. The normalized spacial score (nSPS) is 19.0. The second-order valence-electron chi connectivity index (χ2n) is 4.62. The van der Waals surface area contributed by atoms with Crippen LogP contribution in [0.15, 0.2) is 26.8 Å². The van der Waals surface area contributed by atoms with Crippen LogP contribution in [0.2, 0.25) is 0 Å². The Labute approximate surface area is 150 Å². The summed E-state index contributed by atoms with van der Waals surface area (Å²) in [5, 5.41) is 28.2. The van der Waals surface area contributed by atoms with Gasteiger partial charge in [-0.2, -0.15) is 5.10 Å². The summed E-state index contributed by atoms with van der Waals surface area (Å²) in [5.41, 5.74) is 0.622. The predicted molar refractivity (Wildman–Crippen MR) is 93.8 cm³/mol. The van der Waals surface area contributed by atoms with Crippen LogP contribution < -0.4 is 10.1 Å². The van der Waals surface area contributed by atoms with Crippen LogP contribution in [-0.4, -0.2) is 45.3 Å². The Hall–Kier alpha value is -2.07. The lowest BCUT2D eigenvalue weighted by Crippen LogP contribution is -2.26. The zero-order valence-electron chi connectivity index (χ0n) is 12.5. The van der Waals surface area contributed by atoms with E-state index in [0.29, 0.717) is 22.4 Å². The molecule has 1 aromatic rings. The number of thioether (sulfide) groups is 1. The second-order valence-corrected chi connectivity index (χ2v) is 6.66. The molecular weight excluding hydrogens is 402 g/mol. The van der Waals surface area contributed by atoms with Gasteiger partial charge >= 0.3 is 5.97 Å². The molecule has 0 radical (unpaired) electrons. The van der Waals surface area contributed by atoms with Crippen LogP contribution in [0.3, 0.4) is 0 Å². The van der Waals surface area contributed by atoms with Gasteiger partial charge in [-0.1, -0.05) is 11.8 Å². The monoisotopic (exact) mass is 415 g/mol. The minimum atomic E-state index is -1.05. The number of carboxylic acids is 1. The van der Waals surface area contributed by atoms with Crippen molar-refractivity contribution < 1.29 is 24.5 Å². The van der Waals surface area contributed by atoms with Crippen molar-refractivity contribution >= 4 is 51.0 Å². The molecule has 1 aliphatic heterocycles. The molecule has 1 unspecified atom stereocenters. The Kier molecular flexibility index (Phi) is 6.21. The van der Waals surface area contributed by atoms with Gasteiger partial charge < -0.3 is 20.3 Å². The Balaban J connectivity index is 2.10. The molecule has 1 aliphatic rings. The van der Waals surface area contributed by atoms with E-state index in [1.165, 1.54) is 12.3 Å². The number of phenolic OH excluding ortho intramolecular Hbond substituents is 1. The fraction of sp³-hybridized carbons (Fsp3) is 0.286. The van der Waals surface area contributed by atoms with Crippen molar-refractivity contribution in [3.8, 4) is 11.5 Å². The fourth-order valence-corrected chi connectivity index (χ4v) is 3.17. The number of nitrogens with one attached hydrogen (secondary N) is 1. The van der Waals surface area contributed by atoms with Crippen molar-refractivity contribution in [1.82, 2.24) is 5.32 Å². The van der Waals surface area contributed by atoms with Gasteiger partial charge in [0.05, 0.1) is 19.2 Å². The molecule has 24 heavy (non-hydrogen) atoms. The standard InChI is InChI=1S/C14H14BrN3O5S/c1-2-23-10-3-7(8(15)4-9(10)19)6-16-18-14-17-13(22)11(24-14)5-12(20)21/h3-4,6,11,19H,2,5H2,1H3,(H,20,21)(H,17,18,22). The number of aromatic hydroxyl groups is 1. The first-order valence-electron chi connectivity index (χ1n) is 6.86. The third-order valence-electron chi connectivity index (χ3n) is 2.86. The molecule has 0 aromatic heterocycles. The molecule has 128 valence electrons. The van der Waals surface area contributed by atoms with Crippen molar-refractivity contribution in [2.45, 2.75) is 18.6 Å². The second kappa shape index (κ2) is 8.15. The zero-order valence-corrected chi connectivity index (χ0v) is 14.9. The van der Waals surface area contributed by atoms with Gasteiger partial charge in [0, 0.05) is 10.0 Å². The van der Waals surface area contributed by atoms with Gasteiger partial charge in [-0.25, -0.2) is 0 Å². The number of phenols is 1. The van der Waals surface area contributed by atoms with Crippen LogP contribution in [0, 0.1) is 0 Å². The maximum Gasteiger partial charge on any atom is 0.305 e. The maximum atomic E-state index is 11.6. The molecule has 3 N–H and O–H groups in total. The first-order chi connectivity index (χ1) is 11.4. The molecule has 1 amide bonds. The zero-order chi connectivity index (χ0) is 17.7. The first-order valence-corrected chi connectivity index (χ1v) is 8.53. The molecule has 1 fully saturated rings. The van der Waals surface area contributed by atoms with E-state index in [0.717, 1.165) is 11.8 Å². The van der Waals surface area contributed by atoms with Crippen LogP contribution in [0.25, 0.3) is 0 Å². The Morgan fingerprint density at radius 1 is 1.54 bits per heavy atom. The van der Waals surface area contributed by atoms with E-state index >= 15 is 0 Å². The number of carbonyl (C=O) groups is 2. The largest absolute Gasteiger partial charge is 0.504 e. The van der Waals surface area contributed by atoms with Gasteiger partial charge in [0.15, 0.2) is 16.7 Å². The highest BCUT2D eigenvalue weighted by Gasteiger charge is 2.32. The Morgan fingerprint density at radius 2 is 2.29 bits per heavy atom. The Morgan fingerprint density at radius 3 is 2.96 bits per heavy atom. The van der Waals surface area contributed by atoms with E-state index in [2.05, 4.69) is 31.4 Å². The number of ether oxygens (including phenoxy) is 1. The van der Waals surface area contributed by atoms with Crippen LogP contribution in [0.5, 0.6) is 11.5 Å². The minimum absolute atomic E-state index is 0.00214. The number of amidine groups is 1. The van der Waals surface area contributed by atoms with Crippen LogP contribution in [0.4, 0.5) is 0 Å². The van der Waals surface area contributed by atoms with Gasteiger partial charge in [0.25, 0.3) is 0 Å². The van der Waals surface area contributed by atoms with E-state index in [1.54, 1.807) is 13.0 Å². The molecule has 2 rings (SSSR count). The van der Waals surface area contributed by atoms with E-state index in [-0.39, 0.29) is 17.3 Å². The summed E-state index contributed by atoms with van der Waals surface area (Å²) in [7, 11) is 0. The molecule has 0 spiro atoms. The van der Waals surface area contributed by atoms with Crippen molar-refractivity contribution in [3.63, 3.8) is 0 Å². The number of hydrogen-bond acceptors (Lipinski definition) is 7. The maximum absolute atomic E-state index is 11.6. The van der Waals surface area contributed by atoms with E-state index in [1.807, 2.05) is 0 Å². The van der Waals surface area contributed by atoms with Crippen LogP contribution in [0.1, 0.15) is 18.9 Å². The van der Waals surface area contributed by atoms with E-state index in [9.17, 15) is 14.7 Å². The number of carboxylic acid groups (broad SMARTS) is 1. The number of halogens is 1. The summed E-state index contributed by atoms with van der Waals surface area (Å²) in [5.74, 6) is -1.13. The Bertz CT molecular complexity index is 723. The van der Waals surface area contributed by atoms with Crippen molar-refractivity contribution in [1.29, 1.82) is 0 Å². The molecule has 0 bridgehead atoms. The SMILES string of the molecule is CCOc1cc(C=NN=C2NC(=O)C(CC(=O)O)S2)c(Br)cc1O. The van der Waals surface area contributed by atoms with Crippen molar-refractivity contribution in [3.05, 3.63) is 22.2 Å². The average Bonchev–Trinajstić information content (AvgIpc) is 2.83. The third-order valence-corrected chi connectivity index (χ3v) is 4.62. The number of amides is 1. The minimum Gasteiger partial charge on any atom is -0.504 e. The summed E-state index contributed by atoms with van der Waals surface area (Å²) >= 11 is 4.32. The number of hydrogen-bond donors (Lipinski definition) is 3. The molecule has 1 aromatic carbocycles. The molecular formula is C14H14BrN3O5S. The van der Waals surface area contributed by atoms with Crippen molar-refractivity contribution in [2.24, 2.45) is 10.2 Å². The average molecular weight is 416 g/mol. The third kappa shape index (κ3) is 4.71. The van der Waals surface area contributed by atoms with Gasteiger partial charge in [-0.3, -0.25) is 9.59 Å². The number of rotatable bonds is 6. The molecule has 1 heterocycles. The summed E-state index contributed by atoms with van der Waals surface area (Å²) in [6.07, 6.45) is 1.15. The topological polar surface area (TPSA) is 121 Å². The number of aliphatic carboxylic acids is 1. The number of benzene rings is 1. The van der Waals surface area contributed by atoms with E-state index in [4.69, 9.17) is 9.84 Å². The van der Waals surface area contributed by atoms with Crippen LogP contribution >= 0.6 is 27.7 Å². The molecule has 1 atom stereocenters. The summed E-state index contributed by atoms with van der Waals surface area (Å²) in [4.78, 5) is 22.2. The number of nitrogens with zero attached hydrogens (tertiary/aromatic N) is 2. The van der Waals surface area contributed by atoms with Gasteiger partial charge in [-0.05, 0) is 35.0 Å². The summed E-state index contributed by atoms with van der Waals surface area (Å²) < 4.78 is 5.89.